The Balaban J connectivity index is 1.61. The predicted octanol–water partition coefficient (Wildman–Crippen LogP) is 3.01. The van der Waals surface area contributed by atoms with E-state index in [0.717, 1.165) is 31.7 Å². The van der Waals surface area contributed by atoms with Crippen LogP contribution in [-0.4, -0.2) is 35.2 Å². The summed E-state index contributed by atoms with van der Waals surface area (Å²) in [6, 6.07) is 17.3. The first-order chi connectivity index (χ1) is 11.8. The van der Waals surface area contributed by atoms with Crippen molar-refractivity contribution in [2.24, 2.45) is 0 Å². The molecule has 2 bridgehead atoms. The first-order valence-electron chi connectivity index (χ1n) is 8.28. The average molecular weight is 317 g/mol. The van der Waals surface area contributed by atoms with Crippen molar-refractivity contribution in [1.29, 1.82) is 5.26 Å². The van der Waals surface area contributed by atoms with E-state index in [4.69, 9.17) is 10.00 Å². The summed E-state index contributed by atoms with van der Waals surface area (Å²) in [7, 11) is 0. The third-order valence-electron chi connectivity index (χ3n) is 4.80. The topological polar surface area (TPSA) is 49.1 Å². The molecule has 1 aromatic carbocycles. The highest BCUT2D eigenvalue weighted by Crippen LogP contribution is 2.33. The number of nitrogens with zero attached hydrogens (tertiary/aromatic N) is 3. The minimum atomic E-state index is 0.284. The Labute approximate surface area is 142 Å². The quantitative estimate of drug-likeness (QED) is 0.873. The van der Waals surface area contributed by atoms with Gasteiger partial charge in [0, 0.05) is 18.8 Å². The fraction of sp³-hybridized carbons (Fsp3) is 0.300. The van der Waals surface area contributed by atoms with Crippen LogP contribution in [0.2, 0.25) is 0 Å². The van der Waals surface area contributed by atoms with E-state index in [1.807, 2.05) is 12.1 Å². The molecule has 2 atom stereocenters. The number of aromatic nitrogens is 1. The van der Waals surface area contributed by atoms with Crippen LogP contribution in [-0.2, 0) is 11.3 Å². The van der Waals surface area contributed by atoms with Crippen LogP contribution in [0, 0.1) is 11.3 Å². The van der Waals surface area contributed by atoms with Crippen molar-refractivity contribution in [1.82, 2.24) is 9.88 Å². The van der Waals surface area contributed by atoms with Crippen LogP contribution >= 0.6 is 0 Å². The van der Waals surface area contributed by atoms with Crippen molar-refractivity contribution in [3.05, 3.63) is 71.6 Å². The van der Waals surface area contributed by atoms with Gasteiger partial charge < -0.3 is 4.74 Å². The van der Waals surface area contributed by atoms with Crippen LogP contribution < -0.4 is 0 Å². The number of morpholine rings is 1. The second-order valence-electron chi connectivity index (χ2n) is 6.35. The second-order valence-corrected chi connectivity index (χ2v) is 6.35. The van der Waals surface area contributed by atoms with E-state index in [1.165, 1.54) is 11.1 Å². The zero-order valence-electron chi connectivity index (χ0n) is 13.4. The summed E-state index contributed by atoms with van der Waals surface area (Å²) in [6.45, 7) is 2.43. The zero-order valence-corrected chi connectivity index (χ0v) is 13.4. The Kier molecular flexibility index (Phi) is 4.12. The molecular formula is C20H19N3O. The van der Waals surface area contributed by atoms with Crippen LogP contribution in [0.3, 0.4) is 0 Å². The fourth-order valence-electron chi connectivity index (χ4n) is 3.61. The molecule has 1 fully saturated rings. The van der Waals surface area contributed by atoms with Gasteiger partial charge in [0.15, 0.2) is 0 Å². The molecule has 0 spiro atoms. The van der Waals surface area contributed by atoms with Gasteiger partial charge in [-0.05, 0) is 35.3 Å². The van der Waals surface area contributed by atoms with Crippen LogP contribution in [0.1, 0.15) is 23.2 Å². The van der Waals surface area contributed by atoms with E-state index in [-0.39, 0.29) is 6.04 Å². The predicted molar refractivity (Wildman–Crippen MR) is 91.9 cm³/mol. The number of hydrogen-bond acceptors (Lipinski definition) is 4. The van der Waals surface area contributed by atoms with Crippen LogP contribution in [0.25, 0.3) is 5.57 Å². The summed E-state index contributed by atoms with van der Waals surface area (Å²) in [5.41, 5.74) is 4.22. The van der Waals surface area contributed by atoms with Crippen molar-refractivity contribution in [3.63, 3.8) is 0 Å². The Morgan fingerprint density at radius 1 is 1.21 bits per heavy atom. The Hall–Kier alpha value is -2.48. The smallest absolute Gasteiger partial charge is 0.141 e. The van der Waals surface area contributed by atoms with Gasteiger partial charge in [0.2, 0.25) is 0 Å². The second kappa shape index (κ2) is 6.56. The monoisotopic (exact) mass is 317 g/mol. The van der Waals surface area contributed by atoms with Gasteiger partial charge in [-0.3, -0.25) is 4.90 Å². The Morgan fingerprint density at radius 3 is 2.88 bits per heavy atom. The number of nitriles is 1. The molecule has 2 aliphatic heterocycles. The molecule has 120 valence electrons. The fourth-order valence-corrected chi connectivity index (χ4v) is 3.61. The lowest BCUT2D eigenvalue weighted by atomic mass is 9.89. The Bertz CT molecular complexity index is 794. The van der Waals surface area contributed by atoms with Crippen molar-refractivity contribution >= 4 is 5.57 Å². The lowest BCUT2D eigenvalue weighted by molar-refractivity contribution is -0.0402. The molecule has 0 amide bonds. The molecule has 2 unspecified atom stereocenters. The number of pyridine rings is 1. The van der Waals surface area contributed by atoms with Gasteiger partial charge in [-0.2, -0.15) is 5.26 Å². The van der Waals surface area contributed by atoms with Crippen molar-refractivity contribution in [2.75, 3.05) is 13.2 Å². The van der Waals surface area contributed by atoms with Crippen LogP contribution in [0.15, 0.2) is 54.7 Å². The number of rotatable bonds is 3. The van der Waals surface area contributed by atoms with Crippen LogP contribution in [0.5, 0.6) is 0 Å². The van der Waals surface area contributed by atoms with E-state index in [1.54, 1.807) is 6.20 Å². The summed E-state index contributed by atoms with van der Waals surface area (Å²) in [5.74, 6) is 0. The number of fused-ring (bicyclic) bond motifs is 2. The van der Waals surface area contributed by atoms with E-state index in [2.05, 4.69) is 52.4 Å². The van der Waals surface area contributed by atoms with E-state index in [0.29, 0.717) is 11.7 Å². The van der Waals surface area contributed by atoms with E-state index in [9.17, 15) is 0 Å². The summed E-state index contributed by atoms with van der Waals surface area (Å²) < 4.78 is 5.78. The molecule has 0 saturated carbocycles. The van der Waals surface area contributed by atoms with Gasteiger partial charge in [0.1, 0.15) is 11.8 Å². The summed E-state index contributed by atoms with van der Waals surface area (Å²) in [5, 5.41) is 9.07. The highest BCUT2D eigenvalue weighted by molar-refractivity contribution is 5.68. The van der Waals surface area contributed by atoms with Crippen molar-refractivity contribution in [2.45, 2.75) is 25.0 Å². The number of benzene rings is 1. The molecule has 0 N–H and O–H groups in total. The average Bonchev–Trinajstić information content (AvgIpc) is 2.62. The maximum Gasteiger partial charge on any atom is 0.141 e. The maximum atomic E-state index is 9.07. The standard InChI is InChI=1S/C20H19N3O/c21-11-18-8-16(6-7-22-18)17-9-19-13-24-14-20(10-17)23(19)12-15-4-2-1-3-5-15/h1-9,19-20H,10,12-14H2. The maximum absolute atomic E-state index is 9.07. The highest BCUT2D eigenvalue weighted by Gasteiger charge is 2.34. The number of ether oxygens (including phenoxy) is 1. The molecule has 1 aromatic heterocycles. The minimum Gasteiger partial charge on any atom is -0.378 e. The molecule has 4 nitrogen and oxygen atoms in total. The van der Waals surface area contributed by atoms with E-state index >= 15 is 0 Å². The molecule has 0 radical (unpaired) electrons. The zero-order chi connectivity index (χ0) is 16.4. The minimum absolute atomic E-state index is 0.284. The first-order valence-corrected chi connectivity index (χ1v) is 8.28. The molecule has 3 heterocycles. The third-order valence-corrected chi connectivity index (χ3v) is 4.80. The molecule has 4 heteroatoms. The summed E-state index contributed by atoms with van der Waals surface area (Å²) in [6.07, 6.45) is 4.96. The number of hydrogen-bond donors (Lipinski definition) is 0. The van der Waals surface area contributed by atoms with Crippen LogP contribution in [0.4, 0.5) is 0 Å². The van der Waals surface area contributed by atoms with Gasteiger partial charge in [-0.25, -0.2) is 4.98 Å². The summed E-state index contributed by atoms with van der Waals surface area (Å²) in [4.78, 5) is 6.61. The van der Waals surface area contributed by atoms with Gasteiger partial charge in [0.05, 0.1) is 19.3 Å². The third kappa shape index (κ3) is 2.96. The van der Waals surface area contributed by atoms with Crippen molar-refractivity contribution in [3.8, 4) is 6.07 Å². The molecule has 4 rings (SSSR count). The lowest BCUT2D eigenvalue weighted by Crippen LogP contribution is -2.53. The van der Waals surface area contributed by atoms with Gasteiger partial charge >= 0.3 is 0 Å². The molecule has 0 aliphatic carbocycles. The molecule has 2 aliphatic rings. The first kappa shape index (κ1) is 15.1. The van der Waals surface area contributed by atoms with E-state index < -0.39 is 0 Å². The largest absolute Gasteiger partial charge is 0.378 e. The molecule has 24 heavy (non-hydrogen) atoms. The van der Waals surface area contributed by atoms with Gasteiger partial charge in [0.25, 0.3) is 0 Å². The Morgan fingerprint density at radius 2 is 2.08 bits per heavy atom. The van der Waals surface area contributed by atoms with Crippen molar-refractivity contribution < 1.29 is 4.74 Å². The summed E-state index contributed by atoms with van der Waals surface area (Å²) >= 11 is 0. The molecule has 2 aromatic rings. The lowest BCUT2D eigenvalue weighted by Gasteiger charge is -2.44. The molecular weight excluding hydrogens is 298 g/mol. The van der Waals surface area contributed by atoms with Gasteiger partial charge in [-0.15, -0.1) is 0 Å². The van der Waals surface area contributed by atoms with Gasteiger partial charge in [-0.1, -0.05) is 36.4 Å². The molecule has 1 saturated heterocycles. The SMILES string of the molecule is N#Cc1cc(C2=CC3COCC(C2)N3Cc2ccccc2)ccn1. The normalized spacial score (nSPS) is 23.4. The highest BCUT2D eigenvalue weighted by atomic mass is 16.5.